The van der Waals surface area contributed by atoms with Gasteiger partial charge in [0.2, 0.25) is 0 Å². The maximum absolute atomic E-state index is 9.87. The van der Waals surface area contributed by atoms with Crippen LogP contribution in [0.3, 0.4) is 0 Å². The molecule has 0 aromatic rings. The number of nitrogens with one attached hydrogen (secondary N) is 2. The molecular formula is C14H17N3O. The van der Waals surface area contributed by atoms with Crippen LogP contribution < -0.4 is 5.43 Å². The molecule has 0 aromatic carbocycles. The highest BCUT2D eigenvalue weighted by atomic mass is 16.3. The molecule has 0 radical (unpaired) electrons. The van der Waals surface area contributed by atoms with E-state index in [9.17, 15) is 5.11 Å². The van der Waals surface area contributed by atoms with E-state index in [2.05, 4.69) is 17.5 Å². The van der Waals surface area contributed by atoms with Crippen LogP contribution in [-0.2, 0) is 0 Å². The van der Waals surface area contributed by atoms with Crippen molar-refractivity contribution >= 4 is 11.4 Å². The Morgan fingerprint density at radius 1 is 1.39 bits per heavy atom. The zero-order valence-electron chi connectivity index (χ0n) is 10.6. The number of allylic oxidation sites excluding steroid dienone is 7. The van der Waals surface area contributed by atoms with Gasteiger partial charge in [0.25, 0.3) is 0 Å². The van der Waals surface area contributed by atoms with Gasteiger partial charge in [0.1, 0.15) is 11.5 Å². The standard InChI is InChI=1S/C14H17N3O/c1-9-7-13(14(18)8-10(9)2)17-16-12-6-4-3-5-11(12)15/h3-7,10,15,17-18H,8H2,1-2H3/b15-11?,16-12-. The van der Waals surface area contributed by atoms with E-state index in [0.29, 0.717) is 35.2 Å². The van der Waals surface area contributed by atoms with Crippen LogP contribution in [0.5, 0.6) is 0 Å². The van der Waals surface area contributed by atoms with Crippen molar-refractivity contribution in [1.29, 1.82) is 5.41 Å². The molecule has 0 saturated heterocycles. The Morgan fingerprint density at radius 2 is 2.11 bits per heavy atom. The van der Waals surface area contributed by atoms with Crippen molar-refractivity contribution in [2.45, 2.75) is 20.3 Å². The second-order valence-electron chi connectivity index (χ2n) is 4.59. The molecule has 2 rings (SSSR count). The van der Waals surface area contributed by atoms with E-state index in [4.69, 9.17) is 5.41 Å². The maximum atomic E-state index is 9.87. The summed E-state index contributed by atoms with van der Waals surface area (Å²) in [5, 5.41) is 21.7. The molecule has 0 heterocycles. The summed E-state index contributed by atoms with van der Waals surface area (Å²) in [7, 11) is 0. The number of aliphatic hydroxyl groups is 1. The molecule has 1 atom stereocenters. The predicted molar refractivity (Wildman–Crippen MR) is 73.8 cm³/mol. The molecule has 94 valence electrons. The zero-order chi connectivity index (χ0) is 13.1. The normalized spacial score (nSPS) is 25.7. The SMILES string of the molecule is CC1=CC(N/N=C2/C=CC=CC2=N)=C(O)CC1C. The molecular weight excluding hydrogens is 226 g/mol. The molecule has 2 aliphatic carbocycles. The van der Waals surface area contributed by atoms with Crippen LogP contribution in [0.25, 0.3) is 0 Å². The summed E-state index contributed by atoms with van der Waals surface area (Å²) in [5.74, 6) is 0.679. The van der Waals surface area contributed by atoms with Gasteiger partial charge in [-0.2, -0.15) is 5.10 Å². The number of hydrogen-bond acceptors (Lipinski definition) is 4. The van der Waals surface area contributed by atoms with E-state index < -0.39 is 0 Å². The monoisotopic (exact) mass is 243 g/mol. The van der Waals surface area contributed by atoms with Crippen molar-refractivity contribution in [2.24, 2.45) is 11.0 Å². The Balaban J connectivity index is 2.14. The van der Waals surface area contributed by atoms with Gasteiger partial charge < -0.3 is 5.11 Å². The first-order valence-corrected chi connectivity index (χ1v) is 5.95. The Labute approximate surface area is 107 Å². The van der Waals surface area contributed by atoms with Crippen molar-refractivity contribution in [1.82, 2.24) is 5.43 Å². The van der Waals surface area contributed by atoms with Gasteiger partial charge in [0.05, 0.1) is 11.4 Å². The van der Waals surface area contributed by atoms with Crippen LogP contribution in [0, 0.1) is 11.3 Å². The fourth-order valence-corrected chi connectivity index (χ4v) is 1.80. The second-order valence-corrected chi connectivity index (χ2v) is 4.59. The summed E-state index contributed by atoms with van der Waals surface area (Å²) in [4.78, 5) is 0. The first kappa shape index (κ1) is 12.4. The van der Waals surface area contributed by atoms with Crippen LogP contribution in [-0.4, -0.2) is 16.5 Å². The van der Waals surface area contributed by atoms with Gasteiger partial charge in [0, 0.05) is 6.42 Å². The molecule has 18 heavy (non-hydrogen) atoms. The number of nitrogens with zero attached hydrogens (tertiary/aromatic N) is 1. The molecule has 0 spiro atoms. The van der Waals surface area contributed by atoms with Gasteiger partial charge in [-0.25, -0.2) is 0 Å². The molecule has 2 aliphatic rings. The lowest BCUT2D eigenvalue weighted by Crippen LogP contribution is -2.19. The van der Waals surface area contributed by atoms with Crippen molar-refractivity contribution in [3.8, 4) is 0 Å². The third-order valence-electron chi connectivity index (χ3n) is 3.16. The lowest BCUT2D eigenvalue weighted by atomic mass is 9.92. The number of aliphatic hydroxyl groups excluding tert-OH is 1. The highest BCUT2D eigenvalue weighted by molar-refractivity contribution is 6.49. The van der Waals surface area contributed by atoms with Gasteiger partial charge in [-0.05, 0) is 31.1 Å². The number of hydrazone groups is 1. The van der Waals surface area contributed by atoms with E-state index in [1.165, 1.54) is 5.57 Å². The molecule has 0 saturated carbocycles. The van der Waals surface area contributed by atoms with Gasteiger partial charge in [-0.3, -0.25) is 10.8 Å². The first-order valence-electron chi connectivity index (χ1n) is 5.95. The minimum atomic E-state index is 0.319. The average molecular weight is 243 g/mol. The minimum Gasteiger partial charge on any atom is -0.510 e. The van der Waals surface area contributed by atoms with E-state index in [0.717, 1.165) is 0 Å². The van der Waals surface area contributed by atoms with Crippen molar-refractivity contribution < 1.29 is 5.11 Å². The summed E-state index contributed by atoms with van der Waals surface area (Å²) >= 11 is 0. The van der Waals surface area contributed by atoms with Gasteiger partial charge >= 0.3 is 0 Å². The van der Waals surface area contributed by atoms with Gasteiger partial charge in [0.15, 0.2) is 0 Å². The van der Waals surface area contributed by atoms with Crippen molar-refractivity contribution in [3.05, 3.63) is 47.4 Å². The molecule has 4 nitrogen and oxygen atoms in total. The summed E-state index contributed by atoms with van der Waals surface area (Å²) in [6.45, 7) is 4.12. The Morgan fingerprint density at radius 3 is 2.83 bits per heavy atom. The zero-order valence-corrected chi connectivity index (χ0v) is 10.6. The van der Waals surface area contributed by atoms with E-state index in [1.54, 1.807) is 18.2 Å². The van der Waals surface area contributed by atoms with Crippen molar-refractivity contribution in [3.63, 3.8) is 0 Å². The summed E-state index contributed by atoms with van der Waals surface area (Å²) in [5.41, 5.74) is 5.58. The lowest BCUT2D eigenvalue weighted by Gasteiger charge is -2.20. The van der Waals surface area contributed by atoms with Crippen LogP contribution in [0.4, 0.5) is 0 Å². The second kappa shape index (κ2) is 5.04. The van der Waals surface area contributed by atoms with E-state index in [-0.39, 0.29) is 0 Å². The molecule has 0 aromatic heterocycles. The quantitative estimate of drug-likeness (QED) is 0.515. The molecule has 4 heteroatoms. The molecule has 0 aliphatic heterocycles. The summed E-state index contributed by atoms with van der Waals surface area (Å²) in [6, 6.07) is 0. The van der Waals surface area contributed by atoms with Crippen LogP contribution >= 0.6 is 0 Å². The van der Waals surface area contributed by atoms with Crippen LogP contribution in [0.2, 0.25) is 0 Å². The van der Waals surface area contributed by atoms with Crippen LogP contribution in [0.1, 0.15) is 20.3 Å². The Hall–Kier alpha value is -2.10. The minimum absolute atomic E-state index is 0.319. The van der Waals surface area contributed by atoms with Crippen molar-refractivity contribution in [2.75, 3.05) is 0 Å². The fraction of sp³-hybridized carbons (Fsp3) is 0.286. The van der Waals surface area contributed by atoms with E-state index >= 15 is 0 Å². The Kier molecular flexibility index (Phi) is 3.46. The number of hydrogen-bond donors (Lipinski definition) is 3. The predicted octanol–water partition coefficient (Wildman–Crippen LogP) is 2.83. The fourth-order valence-electron chi connectivity index (χ4n) is 1.80. The molecule has 0 amide bonds. The Bertz CT molecular complexity index is 521. The maximum Gasteiger partial charge on any atom is 0.118 e. The lowest BCUT2D eigenvalue weighted by molar-refractivity contribution is 0.354. The topological polar surface area (TPSA) is 68.5 Å². The molecule has 3 N–H and O–H groups in total. The van der Waals surface area contributed by atoms with Gasteiger partial charge in [-0.1, -0.05) is 24.6 Å². The molecule has 0 fully saturated rings. The van der Waals surface area contributed by atoms with E-state index in [1.807, 2.05) is 19.1 Å². The van der Waals surface area contributed by atoms with Gasteiger partial charge in [-0.15, -0.1) is 0 Å². The smallest absolute Gasteiger partial charge is 0.118 e. The summed E-state index contributed by atoms with van der Waals surface area (Å²) in [6.07, 6.45) is 9.59. The third-order valence-corrected chi connectivity index (χ3v) is 3.16. The highest BCUT2D eigenvalue weighted by Crippen LogP contribution is 2.25. The highest BCUT2D eigenvalue weighted by Gasteiger charge is 2.16. The third kappa shape index (κ3) is 2.59. The average Bonchev–Trinajstić information content (AvgIpc) is 2.34. The summed E-state index contributed by atoms with van der Waals surface area (Å²) < 4.78 is 0. The molecule has 1 unspecified atom stereocenters. The van der Waals surface area contributed by atoms with Crippen LogP contribution in [0.15, 0.2) is 52.5 Å². The molecule has 0 bridgehead atoms. The first-order chi connectivity index (χ1) is 8.58. The largest absolute Gasteiger partial charge is 0.510 e. The number of rotatable bonds is 2.